The molecule has 0 saturated carbocycles. The Morgan fingerprint density at radius 1 is 1.44 bits per heavy atom. The van der Waals surface area contributed by atoms with Gasteiger partial charge in [0.15, 0.2) is 0 Å². The number of nitrogen functional groups attached to an aromatic ring is 1. The molecule has 1 aromatic rings. The lowest BCUT2D eigenvalue weighted by Gasteiger charge is -2.05. The van der Waals surface area contributed by atoms with Crippen molar-refractivity contribution in [3.63, 3.8) is 0 Å². The summed E-state index contributed by atoms with van der Waals surface area (Å²) in [6, 6.07) is 1.77. The first-order chi connectivity index (χ1) is 7.42. The Kier molecular flexibility index (Phi) is 3.97. The second-order valence-electron chi connectivity index (χ2n) is 4.54. The minimum Gasteiger partial charge on any atom is -0.492 e. The van der Waals surface area contributed by atoms with Crippen LogP contribution in [0.5, 0.6) is 5.75 Å². The van der Waals surface area contributed by atoms with Crippen molar-refractivity contribution in [3.05, 3.63) is 18.0 Å². The van der Waals surface area contributed by atoms with Crippen LogP contribution < -0.4 is 10.5 Å². The lowest BCUT2D eigenvalue weighted by atomic mass is 10.3. The Labute approximate surface area is 98.0 Å². The van der Waals surface area contributed by atoms with Crippen molar-refractivity contribution < 1.29 is 4.74 Å². The van der Waals surface area contributed by atoms with Crippen molar-refractivity contribution >= 4 is 13.8 Å². The van der Waals surface area contributed by atoms with Gasteiger partial charge in [-0.1, -0.05) is 25.6 Å². The molecule has 1 heterocycles. The second kappa shape index (κ2) is 5.04. The maximum atomic E-state index is 5.85. The van der Waals surface area contributed by atoms with Crippen LogP contribution in [-0.2, 0) is 0 Å². The van der Waals surface area contributed by atoms with Crippen LogP contribution in [0, 0.1) is 11.5 Å². The van der Waals surface area contributed by atoms with Crippen LogP contribution in [0.4, 0.5) is 5.69 Å². The normalized spacial score (nSPS) is 10.5. The zero-order valence-corrected chi connectivity index (χ0v) is 11.3. The molecule has 0 amide bonds. The number of aromatic nitrogens is 1. The van der Waals surface area contributed by atoms with E-state index in [1.807, 2.05) is 6.92 Å². The molecule has 0 aliphatic carbocycles. The molecule has 0 spiro atoms. The van der Waals surface area contributed by atoms with E-state index in [2.05, 4.69) is 36.1 Å². The molecular weight excluding hydrogens is 216 g/mol. The summed E-state index contributed by atoms with van der Waals surface area (Å²) in [7, 11) is -1.38. The molecule has 0 saturated heterocycles. The van der Waals surface area contributed by atoms with Gasteiger partial charge in [0.05, 0.1) is 18.5 Å². The Bertz CT molecular complexity index is 427. The molecule has 4 heteroatoms. The molecule has 3 nitrogen and oxygen atoms in total. The van der Waals surface area contributed by atoms with Gasteiger partial charge in [-0.2, -0.15) is 0 Å². The van der Waals surface area contributed by atoms with Crippen molar-refractivity contribution in [2.45, 2.75) is 26.6 Å². The lowest BCUT2D eigenvalue weighted by molar-refractivity contribution is 0.339. The standard InChI is InChI=1S/C12H18N2OSi/c1-5-15-10-8-11(13)12(14-9-10)6-7-16(2,3)4/h8-9H,5,13H2,1-4H3. The molecule has 0 radical (unpaired) electrons. The molecule has 0 bridgehead atoms. The second-order valence-corrected chi connectivity index (χ2v) is 9.29. The summed E-state index contributed by atoms with van der Waals surface area (Å²) in [5.74, 6) is 3.74. The molecular formula is C12H18N2OSi. The topological polar surface area (TPSA) is 48.1 Å². The fraction of sp³-hybridized carbons (Fsp3) is 0.417. The molecule has 0 fully saturated rings. The monoisotopic (exact) mass is 234 g/mol. The van der Waals surface area contributed by atoms with Gasteiger partial charge < -0.3 is 10.5 Å². The number of anilines is 1. The molecule has 1 rings (SSSR count). The van der Waals surface area contributed by atoms with Crippen molar-refractivity contribution in [2.24, 2.45) is 0 Å². The first-order valence-electron chi connectivity index (χ1n) is 5.34. The third kappa shape index (κ3) is 3.95. The maximum absolute atomic E-state index is 5.85. The van der Waals surface area contributed by atoms with E-state index in [-0.39, 0.29) is 0 Å². The summed E-state index contributed by atoms with van der Waals surface area (Å²) < 4.78 is 5.31. The molecule has 0 aromatic carbocycles. The summed E-state index contributed by atoms with van der Waals surface area (Å²) in [6.45, 7) is 9.09. The zero-order chi connectivity index (χ0) is 12.2. The van der Waals surface area contributed by atoms with E-state index in [1.165, 1.54) is 0 Å². The number of ether oxygens (including phenoxy) is 1. The molecule has 0 atom stereocenters. The van der Waals surface area contributed by atoms with E-state index in [9.17, 15) is 0 Å². The highest BCUT2D eigenvalue weighted by Crippen LogP contribution is 2.16. The number of hydrogen-bond donors (Lipinski definition) is 1. The van der Waals surface area contributed by atoms with Crippen LogP contribution in [0.25, 0.3) is 0 Å². The first-order valence-corrected chi connectivity index (χ1v) is 8.84. The average molecular weight is 234 g/mol. The Balaban J connectivity index is 2.94. The maximum Gasteiger partial charge on any atom is 0.139 e. The number of rotatable bonds is 2. The van der Waals surface area contributed by atoms with E-state index in [1.54, 1.807) is 12.3 Å². The molecule has 0 aliphatic heterocycles. The SMILES string of the molecule is CCOc1cnc(C#C[Si](C)(C)C)c(N)c1. The molecule has 0 unspecified atom stereocenters. The van der Waals surface area contributed by atoms with Gasteiger partial charge in [-0.25, -0.2) is 4.98 Å². The average Bonchev–Trinajstić information content (AvgIpc) is 2.15. The molecule has 16 heavy (non-hydrogen) atoms. The fourth-order valence-corrected chi connectivity index (χ4v) is 1.55. The summed E-state index contributed by atoms with van der Waals surface area (Å²) in [5, 5.41) is 0. The number of nitrogens with zero attached hydrogens (tertiary/aromatic N) is 1. The van der Waals surface area contributed by atoms with Gasteiger partial charge in [-0.05, 0) is 6.92 Å². The highest BCUT2D eigenvalue weighted by molar-refractivity contribution is 6.83. The van der Waals surface area contributed by atoms with Gasteiger partial charge in [-0.15, -0.1) is 5.54 Å². The van der Waals surface area contributed by atoms with Gasteiger partial charge in [-0.3, -0.25) is 0 Å². The number of hydrogen-bond acceptors (Lipinski definition) is 3. The minimum absolute atomic E-state index is 0.580. The molecule has 1 aromatic heterocycles. The molecule has 2 N–H and O–H groups in total. The highest BCUT2D eigenvalue weighted by Gasteiger charge is 2.08. The third-order valence-electron chi connectivity index (χ3n) is 1.76. The van der Waals surface area contributed by atoms with E-state index < -0.39 is 8.07 Å². The van der Waals surface area contributed by atoms with E-state index in [4.69, 9.17) is 10.5 Å². The third-order valence-corrected chi connectivity index (χ3v) is 2.63. The molecule has 0 aliphatic rings. The van der Waals surface area contributed by atoms with Crippen LogP contribution >= 0.6 is 0 Å². The first kappa shape index (κ1) is 12.6. The van der Waals surface area contributed by atoms with Crippen molar-refractivity contribution in [2.75, 3.05) is 12.3 Å². The van der Waals surface area contributed by atoms with Crippen LogP contribution in [0.15, 0.2) is 12.3 Å². The highest BCUT2D eigenvalue weighted by atomic mass is 28.3. The van der Waals surface area contributed by atoms with Crippen LogP contribution in [0.3, 0.4) is 0 Å². The lowest BCUT2D eigenvalue weighted by Crippen LogP contribution is -2.16. The minimum atomic E-state index is -1.38. The molecule has 86 valence electrons. The van der Waals surface area contributed by atoms with Crippen LogP contribution in [-0.4, -0.2) is 19.7 Å². The Morgan fingerprint density at radius 2 is 2.12 bits per heavy atom. The summed E-state index contributed by atoms with van der Waals surface area (Å²) in [4.78, 5) is 4.20. The summed E-state index contributed by atoms with van der Waals surface area (Å²) in [5.41, 5.74) is 10.3. The van der Waals surface area contributed by atoms with E-state index >= 15 is 0 Å². The van der Waals surface area contributed by atoms with E-state index in [0.717, 1.165) is 0 Å². The predicted molar refractivity (Wildman–Crippen MR) is 70.0 cm³/mol. The predicted octanol–water partition coefficient (Wildman–Crippen LogP) is 2.29. The smallest absolute Gasteiger partial charge is 0.139 e. The van der Waals surface area contributed by atoms with E-state index in [0.29, 0.717) is 23.7 Å². The fourth-order valence-electron chi connectivity index (χ4n) is 1.06. The summed E-state index contributed by atoms with van der Waals surface area (Å²) in [6.07, 6.45) is 1.66. The Hall–Kier alpha value is -1.47. The van der Waals surface area contributed by atoms with Crippen molar-refractivity contribution in [1.82, 2.24) is 4.98 Å². The van der Waals surface area contributed by atoms with Gasteiger partial charge in [0.2, 0.25) is 0 Å². The van der Waals surface area contributed by atoms with Gasteiger partial charge in [0.25, 0.3) is 0 Å². The largest absolute Gasteiger partial charge is 0.492 e. The zero-order valence-electron chi connectivity index (χ0n) is 10.3. The number of pyridine rings is 1. The number of nitrogens with two attached hydrogens (primary N) is 1. The van der Waals surface area contributed by atoms with Gasteiger partial charge in [0, 0.05) is 6.07 Å². The van der Waals surface area contributed by atoms with Crippen LogP contribution in [0.2, 0.25) is 19.6 Å². The van der Waals surface area contributed by atoms with Crippen LogP contribution in [0.1, 0.15) is 12.6 Å². The quantitative estimate of drug-likeness (QED) is 0.631. The Morgan fingerprint density at radius 3 is 2.62 bits per heavy atom. The van der Waals surface area contributed by atoms with Gasteiger partial charge in [0.1, 0.15) is 19.5 Å². The van der Waals surface area contributed by atoms with Gasteiger partial charge >= 0.3 is 0 Å². The van der Waals surface area contributed by atoms with Crippen molar-refractivity contribution in [1.29, 1.82) is 0 Å². The van der Waals surface area contributed by atoms with Crippen molar-refractivity contribution in [3.8, 4) is 17.2 Å². The summed E-state index contributed by atoms with van der Waals surface area (Å²) >= 11 is 0.